The Bertz CT molecular complexity index is 1210. The highest BCUT2D eigenvalue weighted by molar-refractivity contribution is 9.10. The zero-order chi connectivity index (χ0) is 20.7. The van der Waals surface area contributed by atoms with Crippen LogP contribution in [0, 0.1) is 18.3 Å². The Kier molecular flexibility index (Phi) is 5.90. The van der Waals surface area contributed by atoms with Crippen molar-refractivity contribution in [3.8, 4) is 23.3 Å². The van der Waals surface area contributed by atoms with E-state index in [1.807, 2.05) is 43.3 Å². The van der Waals surface area contributed by atoms with Crippen molar-refractivity contribution in [1.82, 2.24) is 4.98 Å². The van der Waals surface area contributed by atoms with Crippen LogP contribution in [0.3, 0.4) is 0 Å². The van der Waals surface area contributed by atoms with Crippen molar-refractivity contribution in [2.45, 2.75) is 20.3 Å². The molecule has 2 aromatic carbocycles. The summed E-state index contributed by atoms with van der Waals surface area (Å²) in [6.07, 6.45) is 0. The number of nitrogens with zero attached hydrogens (tertiary/aromatic N) is 2. The molecule has 1 atom stereocenters. The molecule has 30 heavy (non-hydrogen) atoms. The third kappa shape index (κ3) is 3.33. The fraction of sp³-hybridized carbons (Fsp3) is 0.217. The van der Waals surface area contributed by atoms with Gasteiger partial charge >= 0.3 is 0 Å². The van der Waals surface area contributed by atoms with Gasteiger partial charge < -0.3 is 19.9 Å². The standard InChI is InChI=1S/C22H18BrN3O3.CH4/c1-11-4-5-12-6-7-14-18(13-8-16(23)21(28-3)17(9-13)27-2)15(10-24)22(25)29-20(14)19(12)26-11;/h4-9,18H,25H2,1-3H3;1H4/t18-;/m0./s1. The van der Waals surface area contributed by atoms with Gasteiger partial charge in [0.2, 0.25) is 5.88 Å². The molecule has 0 saturated heterocycles. The van der Waals surface area contributed by atoms with Gasteiger partial charge in [-0.05, 0) is 46.6 Å². The number of pyridine rings is 1. The Hall–Kier alpha value is -3.24. The van der Waals surface area contributed by atoms with E-state index in [0.29, 0.717) is 32.8 Å². The molecule has 0 spiro atoms. The minimum absolute atomic E-state index is 0. The van der Waals surface area contributed by atoms with Crippen molar-refractivity contribution in [2.75, 3.05) is 14.2 Å². The van der Waals surface area contributed by atoms with Crippen LogP contribution in [-0.2, 0) is 0 Å². The van der Waals surface area contributed by atoms with Crippen LogP contribution in [-0.4, -0.2) is 19.2 Å². The van der Waals surface area contributed by atoms with E-state index >= 15 is 0 Å². The first-order valence-corrected chi connectivity index (χ1v) is 9.67. The third-order valence-electron chi connectivity index (χ3n) is 4.97. The first-order chi connectivity index (χ1) is 14.0. The molecule has 1 aromatic heterocycles. The molecule has 0 aliphatic carbocycles. The van der Waals surface area contributed by atoms with E-state index in [-0.39, 0.29) is 13.3 Å². The van der Waals surface area contributed by atoms with E-state index in [1.54, 1.807) is 14.2 Å². The normalized spacial score (nSPS) is 15.0. The van der Waals surface area contributed by atoms with E-state index < -0.39 is 5.92 Å². The first-order valence-electron chi connectivity index (χ1n) is 8.87. The van der Waals surface area contributed by atoms with Crippen LogP contribution in [0.1, 0.15) is 30.2 Å². The molecule has 1 aliphatic rings. The molecule has 4 rings (SSSR count). The van der Waals surface area contributed by atoms with Gasteiger partial charge in [0, 0.05) is 16.6 Å². The number of benzene rings is 2. The molecule has 154 valence electrons. The summed E-state index contributed by atoms with van der Waals surface area (Å²) in [6.45, 7) is 1.92. The molecule has 2 heterocycles. The van der Waals surface area contributed by atoms with E-state index in [2.05, 4.69) is 27.0 Å². The predicted molar refractivity (Wildman–Crippen MR) is 120 cm³/mol. The van der Waals surface area contributed by atoms with Gasteiger partial charge in [-0.1, -0.05) is 25.6 Å². The van der Waals surface area contributed by atoms with Crippen molar-refractivity contribution in [2.24, 2.45) is 5.73 Å². The Balaban J connectivity index is 0.00000256. The molecule has 7 heteroatoms. The number of aryl methyl sites for hydroxylation is 1. The van der Waals surface area contributed by atoms with Crippen LogP contribution in [0.5, 0.6) is 17.2 Å². The summed E-state index contributed by atoms with van der Waals surface area (Å²) in [5.41, 5.74) is 9.73. The molecule has 0 amide bonds. The van der Waals surface area contributed by atoms with Crippen LogP contribution in [0.2, 0.25) is 0 Å². The maximum atomic E-state index is 9.82. The number of halogens is 1. The summed E-state index contributed by atoms with van der Waals surface area (Å²) in [4.78, 5) is 4.64. The molecular weight excluding hydrogens is 446 g/mol. The molecular formula is C23H22BrN3O3. The highest BCUT2D eigenvalue weighted by Crippen LogP contribution is 2.47. The summed E-state index contributed by atoms with van der Waals surface area (Å²) in [6, 6.07) is 13.8. The van der Waals surface area contributed by atoms with Crippen molar-refractivity contribution in [3.05, 3.63) is 69.1 Å². The van der Waals surface area contributed by atoms with Crippen molar-refractivity contribution in [3.63, 3.8) is 0 Å². The number of fused-ring (bicyclic) bond motifs is 3. The highest BCUT2D eigenvalue weighted by atomic mass is 79.9. The summed E-state index contributed by atoms with van der Waals surface area (Å²) < 4.78 is 17.5. The second-order valence-electron chi connectivity index (χ2n) is 6.67. The lowest BCUT2D eigenvalue weighted by Crippen LogP contribution is -2.21. The monoisotopic (exact) mass is 467 g/mol. The van der Waals surface area contributed by atoms with E-state index in [9.17, 15) is 5.26 Å². The number of hydrogen-bond acceptors (Lipinski definition) is 6. The number of ether oxygens (including phenoxy) is 3. The van der Waals surface area contributed by atoms with Gasteiger partial charge in [0.1, 0.15) is 17.2 Å². The van der Waals surface area contributed by atoms with E-state index in [1.165, 1.54) is 0 Å². The quantitative estimate of drug-likeness (QED) is 0.570. The molecule has 2 N–H and O–H groups in total. The van der Waals surface area contributed by atoms with Crippen LogP contribution in [0.15, 0.2) is 52.3 Å². The molecule has 0 radical (unpaired) electrons. The number of methoxy groups -OCH3 is 2. The van der Waals surface area contributed by atoms with Crippen molar-refractivity contribution >= 4 is 26.8 Å². The van der Waals surface area contributed by atoms with E-state index in [0.717, 1.165) is 22.2 Å². The number of nitriles is 1. The molecule has 0 fully saturated rings. The van der Waals surface area contributed by atoms with E-state index in [4.69, 9.17) is 19.9 Å². The van der Waals surface area contributed by atoms with Crippen LogP contribution in [0.25, 0.3) is 10.9 Å². The van der Waals surface area contributed by atoms with Crippen LogP contribution in [0.4, 0.5) is 0 Å². The van der Waals surface area contributed by atoms with Gasteiger partial charge in [-0.15, -0.1) is 0 Å². The lowest BCUT2D eigenvalue weighted by atomic mass is 9.83. The Morgan fingerprint density at radius 2 is 1.90 bits per heavy atom. The number of allylic oxidation sites excluding steroid dienone is 1. The van der Waals surface area contributed by atoms with Gasteiger partial charge in [0.15, 0.2) is 17.2 Å². The molecule has 0 saturated carbocycles. The smallest absolute Gasteiger partial charge is 0.205 e. The average molecular weight is 468 g/mol. The fourth-order valence-corrected chi connectivity index (χ4v) is 4.27. The lowest BCUT2D eigenvalue weighted by molar-refractivity contribution is 0.352. The van der Waals surface area contributed by atoms with Gasteiger partial charge in [0.25, 0.3) is 0 Å². The summed E-state index contributed by atoms with van der Waals surface area (Å²) in [5.74, 6) is 1.35. The minimum Gasteiger partial charge on any atom is -0.493 e. The zero-order valence-corrected chi connectivity index (χ0v) is 17.7. The average Bonchev–Trinajstić information content (AvgIpc) is 2.72. The maximum absolute atomic E-state index is 9.82. The van der Waals surface area contributed by atoms with Crippen molar-refractivity contribution < 1.29 is 14.2 Å². The Morgan fingerprint density at radius 3 is 2.57 bits per heavy atom. The topological polar surface area (TPSA) is 90.4 Å². The lowest BCUT2D eigenvalue weighted by Gasteiger charge is -2.27. The van der Waals surface area contributed by atoms with Gasteiger partial charge in [-0.2, -0.15) is 5.26 Å². The van der Waals surface area contributed by atoms with Gasteiger partial charge in [-0.3, -0.25) is 0 Å². The number of hydrogen-bond donors (Lipinski definition) is 1. The SMILES string of the molecule is C.COc1cc([C@@H]2C(C#N)=C(N)Oc3c2ccc2ccc(C)nc32)cc(Br)c1OC. The second-order valence-corrected chi connectivity index (χ2v) is 7.53. The Morgan fingerprint density at radius 1 is 1.17 bits per heavy atom. The molecule has 0 bridgehead atoms. The third-order valence-corrected chi connectivity index (χ3v) is 5.56. The predicted octanol–water partition coefficient (Wildman–Crippen LogP) is 5.18. The molecule has 3 aromatic rings. The highest BCUT2D eigenvalue weighted by Gasteiger charge is 2.33. The maximum Gasteiger partial charge on any atom is 0.205 e. The molecule has 0 unspecified atom stereocenters. The molecule has 6 nitrogen and oxygen atoms in total. The summed E-state index contributed by atoms with van der Waals surface area (Å²) >= 11 is 3.53. The van der Waals surface area contributed by atoms with Crippen LogP contribution < -0.4 is 19.9 Å². The summed E-state index contributed by atoms with van der Waals surface area (Å²) in [7, 11) is 3.15. The minimum atomic E-state index is -0.424. The molecule has 1 aliphatic heterocycles. The fourth-order valence-electron chi connectivity index (χ4n) is 3.64. The van der Waals surface area contributed by atoms with Crippen molar-refractivity contribution in [1.29, 1.82) is 5.26 Å². The van der Waals surface area contributed by atoms with Gasteiger partial charge in [-0.25, -0.2) is 4.98 Å². The summed E-state index contributed by atoms with van der Waals surface area (Å²) in [5, 5.41) is 10.8. The second kappa shape index (κ2) is 8.25. The number of nitrogens with two attached hydrogens (primary N) is 1. The van der Waals surface area contributed by atoms with Crippen LogP contribution >= 0.6 is 15.9 Å². The number of aromatic nitrogens is 1. The van der Waals surface area contributed by atoms with Gasteiger partial charge in [0.05, 0.1) is 24.6 Å². The largest absolute Gasteiger partial charge is 0.493 e. The zero-order valence-electron chi connectivity index (χ0n) is 16.1. The Labute approximate surface area is 184 Å². The first kappa shape index (κ1) is 21.5. The number of rotatable bonds is 3.